The molecule has 3 heterocycles. The molecule has 1 aromatic heterocycles. The minimum absolute atomic E-state index is 0.0554. The molecule has 13 heteroatoms. The third kappa shape index (κ3) is 9.23. The number of rotatable bonds is 11. The van der Waals surface area contributed by atoms with Gasteiger partial charge in [0.05, 0.1) is 10.0 Å². The summed E-state index contributed by atoms with van der Waals surface area (Å²) in [5.41, 5.74) is 10.5. The Morgan fingerprint density at radius 3 is 2.27 bits per heavy atom. The number of benzene rings is 5. The van der Waals surface area contributed by atoms with Gasteiger partial charge in [-0.2, -0.15) is 0 Å². The monoisotopic (exact) mass is 896 g/mol. The van der Waals surface area contributed by atoms with E-state index in [1.54, 1.807) is 18.3 Å². The van der Waals surface area contributed by atoms with Gasteiger partial charge in [-0.1, -0.05) is 89.9 Å². The molecule has 64 heavy (non-hydrogen) atoms. The second kappa shape index (κ2) is 18.3. The molecule has 3 amide bonds. The summed E-state index contributed by atoms with van der Waals surface area (Å²) in [5.74, 6) is 0.00204. The zero-order valence-corrected chi connectivity index (χ0v) is 36.8. The summed E-state index contributed by atoms with van der Waals surface area (Å²) < 4.78 is 18.7. The van der Waals surface area contributed by atoms with Crippen LogP contribution in [0.2, 0.25) is 10.0 Å². The van der Waals surface area contributed by atoms with Gasteiger partial charge in [-0.05, 0) is 125 Å². The van der Waals surface area contributed by atoms with E-state index in [2.05, 4.69) is 27.8 Å². The molecule has 0 fully saturated rings. The highest BCUT2D eigenvalue weighted by molar-refractivity contribution is 6.42. The highest BCUT2D eigenvalue weighted by Crippen LogP contribution is 2.41. The van der Waals surface area contributed by atoms with E-state index in [4.69, 9.17) is 37.4 Å². The van der Waals surface area contributed by atoms with Crippen molar-refractivity contribution in [3.63, 3.8) is 0 Å². The molecule has 3 atom stereocenters. The van der Waals surface area contributed by atoms with Crippen LogP contribution in [0, 0.1) is 13.8 Å². The summed E-state index contributed by atoms with van der Waals surface area (Å²) in [6, 6.07) is 31.7. The van der Waals surface area contributed by atoms with Crippen LogP contribution in [0.5, 0.6) is 17.2 Å². The van der Waals surface area contributed by atoms with Gasteiger partial charge in [0.1, 0.15) is 31.0 Å². The number of carbonyl (C=O) groups is 3. The number of hydrogen-bond donors (Lipinski definition) is 3. The van der Waals surface area contributed by atoms with E-state index in [0.29, 0.717) is 46.7 Å². The lowest BCUT2D eigenvalue weighted by molar-refractivity contribution is -0.142. The van der Waals surface area contributed by atoms with Gasteiger partial charge >= 0.3 is 12.0 Å². The number of halogens is 2. The molecule has 0 radical (unpaired) electrons. The molecular formula is C51H46Cl2N4O7. The Morgan fingerprint density at radius 1 is 0.828 bits per heavy atom. The minimum Gasteiger partial charge on any atom is -0.489 e. The molecule has 326 valence electrons. The first-order chi connectivity index (χ1) is 30.9. The highest BCUT2D eigenvalue weighted by atomic mass is 35.5. The van der Waals surface area contributed by atoms with Gasteiger partial charge in [0.2, 0.25) is 5.91 Å². The highest BCUT2D eigenvalue weighted by Gasteiger charge is 2.39. The largest absolute Gasteiger partial charge is 0.489 e. The number of amides is 3. The van der Waals surface area contributed by atoms with Crippen molar-refractivity contribution >= 4 is 41.1 Å². The SMILES string of the molecule is Cc1nccc(-c2ccc(C[C@H](NC(=O)[C@@H]3Cc4cc5c(cc4CN3C(=O)NC3Cc4ccccc4C3)O[C@@H](c3ccc(OCc4ccc(Cl)c(Cl)c4)cc3)CO5)C(=O)O)cc2)c1C. The summed E-state index contributed by atoms with van der Waals surface area (Å²) in [7, 11) is 0. The number of hydrogen-bond acceptors (Lipinski definition) is 7. The van der Waals surface area contributed by atoms with Crippen molar-refractivity contribution in [1.82, 2.24) is 20.5 Å². The van der Waals surface area contributed by atoms with Crippen molar-refractivity contribution in [1.29, 1.82) is 0 Å². The van der Waals surface area contributed by atoms with E-state index >= 15 is 0 Å². The van der Waals surface area contributed by atoms with Gasteiger partial charge in [0.15, 0.2) is 17.6 Å². The summed E-state index contributed by atoms with van der Waals surface area (Å²) in [6.07, 6.45) is 2.91. The van der Waals surface area contributed by atoms with Gasteiger partial charge in [-0.3, -0.25) is 9.78 Å². The van der Waals surface area contributed by atoms with Gasteiger partial charge < -0.3 is 34.9 Å². The van der Waals surface area contributed by atoms with Crippen molar-refractivity contribution in [3.8, 4) is 28.4 Å². The van der Waals surface area contributed by atoms with E-state index in [-0.39, 0.29) is 32.0 Å². The molecule has 2 aliphatic heterocycles. The van der Waals surface area contributed by atoms with E-state index in [9.17, 15) is 19.5 Å². The predicted octanol–water partition coefficient (Wildman–Crippen LogP) is 9.18. The van der Waals surface area contributed by atoms with E-state index in [0.717, 1.165) is 50.2 Å². The summed E-state index contributed by atoms with van der Waals surface area (Å²) in [5, 5.41) is 17.3. The number of aryl methyl sites for hydroxylation is 1. The number of pyridine rings is 1. The second-order valence-electron chi connectivity index (χ2n) is 16.6. The van der Waals surface area contributed by atoms with Crippen LogP contribution in [0.25, 0.3) is 11.1 Å². The number of nitrogens with one attached hydrogen (secondary N) is 2. The second-order valence-corrected chi connectivity index (χ2v) is 17.4. The van der Waals surface area contributed by atoms with E-state index in [1.165, 1.54) is 16.0 Å². The topological polar surface area (TPSA) is 139 Å². The number of fused-ring (bicyclic) bond motifs is 3. The molecule has 5 aromatic carbocycles. The van der Waals surface area contributed by atoms with Crippen LogP contribution in [0.3, 0.4) is 0 Å². The number of aliphatic carboxylic acids is 1. The van der Waals surface area contributed by atoms with Crippen LogP contribution in [0.15, 0.2) is 115 Å². The molecule has 3 aliphatic rings. The van der Waals surface area contributed by atoms with Crippen molar-refractivity contribution in [2.75, 3.05) is 6.61 Å². The Bertz CT molecular complexity index is 2720. The molecular weight excluding hydrogens is 851 g/mol. The Balaban J connectivity index is 0.913. The summed E-state index contributed by atoms with van der Waals surface area (Å²) in [6.45, 7) is 4.65. The zero-order chi connectivity index (χ0) is 44.5. The van der Waals surface area contributed by atoms with Crippen molar-refractivity contribution in [3.05, 3.63) is 176 Å². The van der Waals surface area contributed by atoms with Gasteiger partial charge in [-0.15, -0.1) is 0 Å². The fourth-order valence-corrected chi connectivity index (χ4v) is 9.05. The maximum Gasteiger partial charge on any atom is 0.326 e. The molecule has 0 bridgehead atoms. The van der Waals surface area contributed by atoms with Gasteiger partial charge in [0, 0.05) is 37.3 Å². The number of nitrogens with zero attached hydrogens (tertiary/aromatic N) is 2. The van der Waals surface area contributed by atoms with Crippen LogP contribution < -0.4 is 24.8 Å². The number of ether oxygens (including phenoxy) is 3. The first-order valence-corrected chi connectivity index (χ1v) is 22.0. The maximum atomic E-state index is 14.3. The number of carbonyl (C=O) groups excluding carboxylic acids is 2. The number of carboxylic acid groups (broad SMARTS) is 1. The Labute approximate surface area is 381 Å². The number of carboxylic acids is 1. The van der Waals surface area contributed by atoms with E-state index in [1.807, 2.05) is 98.8 Å². The smallest absolute Gasteiger partial charge is 0.326 e. The Hall–Kier alpha value is -6.56. The molecule has 0 unspecified atom stereocenters. The lowest BCUT2D eigenvalue weighted by Crippen LogP contribution is -2.58. The minimum atomic E-state index is -1.24. The Kier molecular flexibility index (Phi) is 12.2. The predicted molar refractivity (Wildman–Crippen MR) is 244 cm³/mol. The van der Waals surface area contributed by atoms with Crippen LogP contribution in [-0.2, 0) is 48.4 Å². The average Bonchev–Trinajstić information content (AvgIpc) is 3.71. The molecule has 0 saturated heterocycles. The molecule has 9 rings (SSSR count). The third-order valence-electron chi connectivity index (χ3n) is 12.4. The van der Waals surface area contributed by atoms with Crippen molar-refractivity contribution < 1.29 is 33.7 Å². The quantitative estimate of drug-likeness (QED) is 0.117. The standard InChI is InChI=1S/C51H46Cl2N4O7/c1-29-30(2)54-18-17-41(29)33-10-7-31(8-11-33)20-44(50(59)60)56-49(58)45-23-37-24-46-47(25-38(37)26-57(45)51(61)55-39-21-35-5-3-4-6-36(35)22-39)64-48(28-63-46)34-12-14-40(15-13-34)62-27-32-9-16-42(52)43(53)19-32/h3-19,24-25,39,44-45,48H,20-23,26-28H2,1-2H3,(H,55,61)(H,56,58)(H,59,60)/t44-,45-,48+/m0/s1. The van der Waals surface area contributed by atoms with Crippen LogP contribution in [0.4, 0.5) is 4.79 Å². The van der Waals surface area contributed by atoms with Crippen LogP contribution in [0.1, 0.15) is 56.3 Å². The normalized spacial score (nSPS) is 16.9. The van der Waals surface area contributed by atoms with E-state index < -0.39 is 36.1 Å². The van der Waals surface area contributed by atoms with Crippen LogP contribution in [-0.4, -0.2) is 57.6 Å². The molecule has 6 aromatic rings. The summed E-state index contributed by atoms with van der Waals surface area (Å²) in [4.78, 5) is 47.2. The molecule has 3 N–H and O–H groups in total. The first kappa shape index (κ1) is 42.7. The molecule has 0 saturated carbocycles. The lowest BCUT2D eigenvalue weighted by Gasteiger charge is -2.38. The van der Waals surface area contributed by atoms with Crippen molar-refractivity contribution in [2.24, 2.45) is 0 Å². The number of urea groups is 1. The third-order valence-corrected chi connectivity index (χ3v) is 13.2. The number of aromatic nitrogens is 1. The molecule has 0 spiro atoms. The van der Waals surface area contributed by atoms with Gasteiger partial charge in [0.25, 0.3) is 0 Å². The van der Waals surface area contributed by atoms with Crippen molar-refractivity contribution in [2.45, 2.75) is 76.9 Å². The molecule has 11 nitrogen and oxygen atoms in total. The zero-order valence-electron chi connectivity index (χ0n) is 35.3. The average molecular weight is 898 g/mol. The van der Waals surface area contributed by atoms with Crippen LogP contribution >= 0.6 is 23.2 Å². The molecule has 1 aliphatic carbocycles. The lowest BCUT2D eigenvalue weighted by atomic mass is 9.92. The van der Waals surface area contributed by atoms with Gasteiger partial charge in [-0.25, -0.2) is 9.59 Å². The fraction of sp³-hybridized carbons (Fsp3) is 0.255. The first-order valence-electron chi connectivity index (χ1n) is 21.3. The Morgan fingerprint density at radius 2 is 1.55 bits per heavy atom. The fourth-order valence-electron chi connectivity index (χ4n) is 8.73. The summed E-state index contributed by atoms with van der Waals surface area (Å²) >= 11 is 12.2. The maximum absolute atomic E-state index is 14.3.